The van der Waals surface area contributed by atoms with Crippen LogP contribution in [0.4, 0.5) is 0 Å². The Kier molecular flexibility index (Phi) is 2.19. The lowest BCUT2D eigenvalue weighted by Gasteiger charge is -2.17. The molecule has 1 aromatic heterocycles. The van der Waals surface area contributed by atoms with Gasteiger partial charge in [-0.1, -0.05) is 33.0 Å². The van der Waals surface area contributed by atoms with E-state index >= 15 is 0 Å². The van der Waals surface area contributed by atoms with Gasteiger partial charge in [-0.05, 0) is 0 Å². The van der Waals surface area contributed by atoms with Crippen LogP contribution in [0.15, 0.2) is 6.20 Å². The normalized spacial score (nSPS) is 11.6. The molecule has 0 atom stereocenters. The maximum Gasteiger partial charge on any atom is 0.107 e. The van der Waals surface area contributed by atoms with Crippen LogP contribution in [0.25, 0.3) is 0 Å². The Labute approximate surface area is 77.4 Å². The molecule has 0 saturated carbocycles. The zero-order chi connectivity index (χ0) is 9.35. The molecular formula is C8H13N3S. The average Bonchev–Trinajstić information content (AvgIpc) is 2.30. The molecule has 0 saturated heterocycles. The fraction of sp³-hybridized carbons (Fsp3) is 0.500. The minimum absolute atomic E-state index is 0.00919. The molecule has 0 aliphatic carbocycles. The van der Waals surface area contributed by atoms with Gasteiger partial charge < -0.3 is 5.73 Å². The van der Waals surface area contributed by atoms with Crippen LogP contribution in [-0.2, 0) is 5.41 Å². The molecule has 0 spiro atoms. The molecule has 0 unspecified atom stereocenters. The van der Waals surface area contributed by atoms with Gasteiger partial charge in [0.15, 0.2) is 0 Å². The molecule has 0 aromatic carbocycles. The SMILES string of the molecule is CC(C)(C)c1[nH]ncc1C(N)=S. The molecule has 0 radical (unpaired) electrons. The third-order valence-electron chi connectivity index (χ3n) is 1.65. The van der Waals surface area contributed by atoms with Crippen molar-refractivity contribution in [2.45, 2.75) is 26.2 Å². The molecule has 12 heavy (non-hydrogen) atoms. The van der Waals surface area contributed by atoms with E-state index in [2.05, 4.69) is 31.0 Å². The lowest BCUT2D eigenvalue weighted by molar-refractivity contribution is 0.566. The number of thiocarbonyl (C=S) groups is 1. The number of aromatic nitrogens is 2. The Morgan fingerprint density at radius 2 is 2.17 bits per heavy atom. The summed E-state index contributed by atoms with van der Waals surface area (Å²) in [5.41, 5.74) is 7.38. The Hall–Kier alpha value is -0.900. The Bertz CT molecular complexity index is 295. The maximum atomic E-state index is 5.53. The fourth-order valence-electron chi connectivity index (χ4n) is 1.04. The van der Waals surface area contributed by atoms with Gasteiger partial charge in [0.05, 0.1) is 17.5 Å². The number of H-pyrrole nitrogens is 1. The molecule has 0 amide bonds. The third kappa shape index (κ3) is 1.64. The molecular weight excluding hydrogens is 170 g/mol. The third-order valence-corrected chi connectivity index (χ3v) is 1.87. The highest BCUT2D eigenvalue weighted by molar-refractivity contribution is 7.80. The van der Waals surface area contributed by atoms with Crippen LogP contribution in [0.3, 0.4) is 0 Å². The number of rotatable bonds is 1. The molecule has 1 heterocycles. The van der Waals surface area contributed by atoms with Crippen LogP contribution in [-0.4, -0.2) is 15.2 Å². The van der Waals surface area contributed by atoms with Crippen molar-refractivity contribution in [3.05, 3.63) is 17.5 Å². The van der Waals surface area contributed by atoms with Gasteiger partial charge in [-0.25, -0.2) is 0 Å². The molecule has 66 valence electrons. The molecule has 4 heteroatoms. The Morgan fingerprint density at radius 1 is 1.58 bits per heavy atom. The predicted octanol–water partition coefficient (Wildman–Crippen LogP) is 1.34. The van der Waals surface area contributed by atoms with Crippen molar-refractivity contribution in [2.75, 3.05) is 0 Å². The molecule has 0 aliphatic heterocycles. The van der Waals surface area contributed by atoms with Gasteiger partial charge >= 0.3 is 0 Å². The molecule has 0 fully saturated rings. The molecule has 3 nitrogen and oxygen atoms in total. The van der Waals surface area contributed by atoms with Crippen molar-refractivity contribution in [3.8, 4) is 0 Å². The second kappa shape index (κ2) is 2.86. The first-order chi connectivity index (χ1) is 5.43. The fourth-order valence-corrected chi connectivity index (χ4v) is 1.20. The van der Waals surface area contributed by atoms with Gasteiger partial charge in [0, 0.05) is 5.41 Å². The first-order valence-electron chi connectivity index (χ1n) is 3.76. The van der Waals surface area contributed by atoms with Crippen LogP contribution in [0.1, 0.15) is 32.0 Å². The van der Waals surface area contributed by atoms with Gasteiger partial charge in [0.25, 0.3) is 0 Å². The topological polar surface area (TPSA) is 54.7 Å². The lowest BCUT2D eigenvalue weighted by Crippen LogP contribution is -2.19. The van der Waals surface area contributed by atoms with Gasteiger partial charge in [-0.2, -0.15) is 5.10 Å². The zero-order valence-electron chi connectivity index (χ0n) is 7.51. The summed E-state index contributed by atoms with van der Waals surface area (Å²) in [6.45, 7) is 6.26. The number of nitrogens with zero attached hydrogens (tertiary/aromatic N) is 1. The molecule has 1 aromatic rings. The van der Waals surface area contributed by atoms with Crippen molar-refractivity contribution < 1.29 is 0 Å². The van der Waals surface area contributed by atoms with E-state index in [-0.39, 0.29) is 5.41 Å². The van der Waals surface area contributed by atoms with Gasteiger partial charge in [-0.15, -0.1) is 0 Å². The minimum atomic E-state index is 0.00919. The second-order valence-corrected chi connectivity index (χ2v) is 4.21. The van der Waals surface area contributed by atoms with Crippen LogP contribution in [0.5, 0.6) is 0 Å². The highest BCUT2D eigenvalue weighted by Crippen LogP contribution is 2.22. The quantitative estimate of drug-likeness (QED) is 0.646. The lowest BCUT2D eigenvalue weighted by atomic mass is 9.89. The van der Waals surface area contributed by atoms with Crippen molar-refractivity contribution in [3.63, 3.8) is 0 Å². The summed E-state index contributed by atoms with van der Waals surface area (Å²) in [7, 11) is 0. The zero-order valence-corrected chi connectivity index (χ0v) is 8.33. The van der Waals surface area contributed by atoms with Crippen molar-refractivity contribution in [2.24, 2.45) is 5.73 Å². The summed E-state index contributed by atoms with van der Waals surface area (Å²) in [5, 5.41) is 6.83. The first kappa shape index (κ1) is 9.19. The van der Waals surface area contributed by atoms with Crippen LogP contribution >= 0.6 is 12.2 Å². The van der Waals surface area contributed by atoms with Crippen molar-refractivity contribution in [1.82, 2.24) is 10.2 Å². The minimum Gasteiger partial charge on any atom is -0.389 e. The summed E-state index contributed by atoms with van der Waals surface area (Å²) < 4.78 is 0. The molecule has 0 aliphatic rings. The van der Waals surface area contributed by atoms with Crippen molar-refractivity contribution in [1.29, 1.82) is 0 Å². The van der Waals surface area contributed by atoms with Crippen LogP contribution < -0.4 is 5.73 Å². The number of nitrogens with one attached hydrogen (secondary N) is 1. The van der Waals surface area contributed by atoms with E-state index < -0.39 is 0 Å². The average molecular weight is 183 g/mol. The maximum absolute atomic E-state index is 5.53. The summed E-state index contributed by atoms with van der Waals surface area (Å²) in [6.07, 6.45) is 1.67. The summed E-state index contributed by atoms with van der Waals surface area (Å²) in [6, 6.07) is 0. The Balaban J connectivity index is 3.17. The number of hydrogen-bond acceptors (Lipinski definition) is 2. The van der Waals surface area contributed by atoms with E-state index in [1.165, 1.54) is 0 Å². The van der Waals surface area contributed by atoms with Crippen LogP contribution in [0, 0.1) is 0 Å². The largest absolute Gasteiger partial charge is 0.389 e. The molecule has 1 rings (SSSR count). The number of aromatic amines is 1. The highest BCUT2D eigenvalue weighted by Gasteiger charge is 2.20. The standard InChI is InChI=1S/C8H13N3S/c1-8(2,3)6-5(7(9)12)4-10-11-6/h4H,1-3H3,(H2,9,12)(H,10,11). The van der Waals surface area contributed by atoms with Gasteiger partial charge in [0.2, 0.25) is 0 Å². The molecule has 3 N–H and O–H groups in total. The second-order valence-electron chi connectivity index (χ2n) is 3.77. The predicted molar refractivity (Wildman–Crippen MR) is 53.2 cm³/mol. The van der Waals surface area contributed by atoms with Crippen LogP contribution in [0.2, 0.25) is 0 Å². The summed E-state index contributed by atoms with van der Waals surface area (Å²) >= 11 is 4.89. The Morgan fingerprint density at radius 3 is 2.50 bits per heavy atom. The first-order valence-corrected chi connectivity index (χ1v) is 4.17. The van der Waals surface area contributed by atoms with E-state index in [9.17, 15) is 0 Å². The van der Waals surface area contributed by atoms with E-state index in [4.69, 9.17) is 18.0 Å². The summed E-state index contributed by atoms with van der Waals surface area (Å²) in [5.74, 6) is 0. The van der Waals surface area contributed by atoms with E-state index in [1.54, 1.807) is 6.20 Å². The highest BCUT2D eigenvalue weighted by atomic mass is 32.1. The monoisotopic (exact) mass is 183 g/mol. The number of nitrogens with two attached hydrogens (primary N) is 1. The summed E-state index contributed by atoms with van der Waals surface area (Å²) in [4.78, 5) is 0.397. The van der Waals surface area contributed by atoms with E-state index in [0.717, 1.165) is 11.3 Å². The number of hydrogen-bond donors (Lipinski definition) is 2. The van der Waals surface area contributed by atoms with Gasteiger partial charge in [-0.3, -0.25) is 5.10 Å². The van der Waals surface area contributed by atoms with E-state index in [1.807, 2.05) is 0 Å². The smallest absolute Gasteiger partial charge is 0.107 e. The van der Waals surface area contributed by atoms with E-state index in [0.29, 0.717) is 4.99 Å². The molecule has 0 bridgehead atoms. The van der Waals surface area contributed by atoms with Gasteiger partial charge in [0.1, 0.15) is 4.99 Å². The van der Waals surface area contributed by atoms with Crippen molar-refractivity contribution >= 4 is 17.2 Å².